The van der Waals surface area contributed by atoms with E-state index in [2.05, 4.69) is 63.1 Å². The summed E-state index contributed by atoms with van der Waals surface area (Å²) in [5, 5.41) is 48.6. The molecule has 1 spiro atoms. The zero-order valence-electron chi connectivity index (χ0n) is 53.5. The number of aromatic hydroxyl groups is 1. The van der Waals surface area contributed by atoms with Crippen molar-refractivity contribution in [1.29, 1.82) is 0 Å². The third-order valence-electron chi connectivity index (χ3n) is 18.0. The number of carbonyl (C=O) groups excluding carboxylic acids is 10. The van der Waals surface area contributed by atoms with Gasteiger partial charge >= 0.3 is 5.97 Å². The Labute approximate surface area is 569 Å². The number of halogens is 2. The molecule has 16 N–H and O–H groups in total. The molecular weight excluding hydrogens is 1310 g/mol. The second kappa shape index (κ2) is 31.7. The number of thioether (sulfide) groups is 2. The molecule has 2 aromatic heterocycles. The largest absolute Gasteiger partial charge is 0.508 e. The quantitative estimate of drug-likeness (QED) is 0.0865. The highest BCUT2D eigenvalue weighted by molar-refractivity contribution is 7.98. The molecule has 2 saturated heterocycles. The van der Waals surface area contributed by atoms with E-state index in [1.807, 2.05) is 24.3 Å². The first-order valence-electron chi connectivity index (χ1n) is 32.1. The van der Waals surface area contributed by atoms with E-state index in [1.165, 1.54) is 108 Å². The number of aromatic nitrogens is 2. The summed E-state index contributed by atoms with van der Waals surface area (Å²) in [6.07, 6.45) is 1.71. The molecule has 0 radical (unpaired) electrons. The number of phenolic OH excluding ortho intramolecular Hbond substituents is 1. The smallest absolute Gasteiger partial charge is 0.305 e. The molecule has 1 unspecified atom stereocenters. The summed E-state index contributed by atoms with van der Waals surface area (Å²) in [6, 6.07) is 11.0. The molecule has 98 heavy (non-hydrogen) atoms. The lowest BCUT2D eigenvalue weighted by molar-refractivity contribution is -0.147. The minimum absolute atomic E-state index is 0.0371. The van der Waals surface area contributed by atoms with Gasteiger partial charge in [-0.15, -0.1) is 0 Å². The number of benzene rings is 4. The number of H-pyrrole nitrogens is 2. The Morgan fingerprint density at radius 1 is 0.663 bits per heavy atom. The number of nitrogens with two attached hydrogens (primary N) is 1. The summed E-state index contributed by atoms with van der Waals surface area (Å²) in [5.41, 5.74) is 6.77. The monoisotopic (exact) mass is 1390 g/mol. The van der Waals surface area contributed by atoms with Crippen LogP contribution in [0.2, 0.25) is 0 Å². The van der Waals surface area contributed by atoms with E-state index in [4.69, 9.17) is 5.73 Å². The van der Waals surface area contributed by atoms with Crippen molar-refractivity contribution in [3.63, 3.8) is 0 Å². The number of nitrogens with one attached hydrogen (secondary N) is 12. The first kappa shape index (κ1) is 71.2. The zero-order chi connectivity index (χ0) is 69.8. The van der Waals surface area contributed by atoms with Gasteiger partial charge < -0.3 is 84.0 Å². The number of carboxylic acid groups (broad SMARTS) is 1. The third-order valence-corrected chi connectivity index (χ3v) is 20.1. The van der Waals surface area contributed by atoms with Crippen LogP contribution >= 0.6 is 23.5 Å². The van der Waals surface area contributed by atoms with Crippen molar-refractivity contribution in [3.05, 3.63) is 137 Å². The lowest BCUT2D eigenvalue weighted by Crippen LogP contribution is -2.63. The first-order valence-corrected chi connectivity index (χ1v) is 34.4. The number of aromatic amines is 2. The van der Waals surface area contributed by atoms with Crippen LogP contribution in [0.1, 0.15) is 79.7 Å². The number of rotatable bonds is 11. The van der Waals surface area contributed by atoms with Gasteiger partial charge in [0.2, 0.25) is 59.1 Å². The molecular formula is C67H78F2N14O13S2. The SMILES string of the molecule is C[C@@]12CCCN1C(=O)[C@H](Cc1ccc(O)cc1)NC(=O)[C@H](CC1CNCN1)NC(=O)[C@H](CC(=O)O)NC(=O)[C@H](Cc1c[nH]c3ccc(F)cc13)NC(=O)[C@H](Cc1c[nH]c3ccc(F)cc13)NC(=O)CNC(=O)C1(CC1)NC(=O)CCSCc1cccc(c1)CSC[C@@H](C(N)=O)NC2=O. The minimum atomic E-state index is -2.00. The highest BCUT2D eigenvalue weighted by Crippen LogP contribution is 2.36. The normalized spacial score (nSPS) is 24.8. The molecule has 3 fully saturated rings. The number of hydrogen-bond donors (Lipinski definition) is 15. The maximum Gasteiger partial charge on any atom is 0.305 e. The van der Waals surface area contributed by atoms with E-state index >= 15 is 14.4 Å². The van der Waals surface area contributed by atoms with Crippen LogP contribution in [-0.2, 0) is 83.5 Å². The Morgan fingerprint density at radius 3 is 1.87 bits per heavy atom. The molecule has 1 saturated carbocycles. The molecule has 6 aromatic rings. The number of hydrogen-bond acceptors (Lipinski definition) is 16. The fourth-order valence-corrected chi connectivity index (χ4v) is 14.3. The average Bonchev–Trinajstić information content (AvgIpc) is 1.60. The molecule has 27 nitrogen and oxygen atoms in total. The van der Waals surface area contributed by atoms with Gasteiger partial charge in [0.05, 0.1) is 13.0 Å². The Bertz CT molecular complexity index is 4010. The van der Waals surface area contributed by atoms with Gasteiger partial charge in [0, 0.05) is 109 Å². The van der Waals surface area contributed by atoms with Gasteiger partial charge in [-0.2, -0.15) is 23.5 Å². The summed E-state index contributed by atoms with van der Waals surface area (Å²) < 4.78 is 29.7. The fourth-order valence-electron chi connectivity index (χ4n) is 12.4. The van der Waals surface area contributed by atoms with Crippen LogP contribution in [0.25, 0.3) is 21.8 Å². The van der Waals surface area contributed by atoms with Gasteiger partial charge in [0.15, 0.2) is 0 Å². The van der Waals surface area contributed by atoms with E-state index in [0.717, 1.165) is 11.1 Å². The van der Waals surface area contributed by atoms with Gasteiger partial charge in [-0.25, -0.2) is 8.78 Å². The number of carbonyl (C=O) groups is 11. The van der Waals surface area contributed by atoms with Gasteiger partial charge in [0.25, 0.3) is 0 Å². The second-order valence-electron chi connectivity index (χ2n) is 25.3. The van der Waals surface area contributed by atoms with Gasteiger partial charge in [0.1, 0.15) is 64.7 Å². The van der Waals surface area contributed by atoms with Gasteiger partial charge in [-0.05, 0) is 115 Å². The van der Waals surface area contributed by atoms with Crippen LogP contribution in [-0.4, -0.2) is 181 Å². The number of primary amides is 1. The summed E-state index contributed by atoms with van der Waals surface area (Å²) in [6.45, 7) is 1.46. The number of carboxylic acids is 1. The minimum Gasteiger partial charge on any atom is -0.508 e. The summed E-state index contributed by atoms with van der Waals surface area (Å²) in [7, 11) is 0. The van der Waals surface area contributed by atoms with E-state index < -0.39 is 149 Å². The van der Waals surface area contributed by atoms with Crippen LogP contribution in [0.4, 0.5) is 8.78 Å². The summed E-state index contributed by atoms with van der Waals surface area (Å²) in [4.78, 5) is 164. The van der Waals surface area contributed by atoms with Crippen LogP contribution in [0.15, 0.2) is 97.3 Å². The van der Waals surface area contributed by atoms with E-state index in [0.29, 0.717) is 57.9 Å². The van der Waals surface area contributed by atoms with Gasteiger partial charge in [-0.3, -0.25) is 52.7 Å². The summed E-state index contributed by atoms with van der Waals surface area (Å²) in [5.74, 6) is -10.1. The number of aliphatic carboxylic acids is 1. The van der Waals surface area contributed by atoms with Crippen molar-refractivity contribution in [2.24, 2.45) is 5.73 Å². The van der Waals surface area contributed by atoms with Crippen molar-refractivity contribution in [2.75, 3.05) is 37.8 Å². The zero-order valence-corrected chi connectivity index (χ0v) is 55.1. The third kappa shape index (κ3) is 18.1. The number of nitrogens with zero attached hydrogens (tertiary/aromatic N) is 1. The molecule has 520 valence electrons. The lowest BCUT2D eigenvalue weighted by Gasteiger charge is -2.37. The molecule has 4 aromatic carbocycles. The van der Waals surface area contributed by atoms with Crippen LogP contribution in [0, 0.1) is 11.6 Å². The second-order valence-corrected chi connectivity index (χ2v) is 27.4. The maximum atomic E-state index is 15.2. The molecule has 4 aliphatic rings. The van der Waals surface area contributed by atoms with E-state index in [1.54, 1.807) is 0 Å². The predicted molar refractivity (Wildman–Crippen MR) is 359 cm³/mol. The summed E-state index contributed by atoms with van der Waals surface area (Å²) >= 11 is 2.82. The molecule has 3 aliphatic heterocycles. The Kier molecular flexibility index (Phi) is 23.1. The van der Waals surface area contributed by atoms with Crippen molar-refractivity contribution >= 4 is 110 Å². The molecule has 2 bridgehead atoms. The maximum absolute atomic E-state index is 15.2. The Balaban J connectivity index is 0.971. The predicted octanol–water partition coefficient (Wildman–Crippen LogP) is 1.16. The van der Waals surface area contributed by atoms with Crippen LogP contribution in [0.3, 0.4) is 0 Å². The average molecular weight is 1390 g/mol. The topological polar surface area (TPSA) is 409 Å². The van der Waals surface area contributed by atoms with Crippen molar-refractivity contribution < 1.29 is 71.7 Å². The molecule has 1 aliphatic carbocycles. The molecule has 10 amide bonds. The van der Waals surface area contributed by atoms with Crippen molar-refractivity contribution in [1.82, 2.24) is 68.0 Å². The molecule has 10 rings (SSSR count). The Hall–Kier alpha value is -9.59. The van der Waals surface area contributed by atoms with E-state index in [-0.39, 0.29) is 80.5 Å². The molecule has 31 heteroatoms. The van der Waals surface area contributed by atoms with Crippen molar-refractivity contribution in [2.45, 2.75) is 136 Å². The number of amides is 10. The first-order chi connectivity index (χ1) is 46.9. The number of phenols is 1. The van der Waals surface area contributed by atoms with Crippen LogP contribution in [0.5, 0.6) is 5.75 Å². The Morgan fingerprint density at radius 2 is 1.26 bits per heavy atom. The molecule has 8 atom stereocenters. The molecule has 5 heterocycles. The lowest BCUT2D eigenvalue weighted by atomic mass is 9.95. The van der Waals surface area contributed by atoms with Crippen LogP contribution < -0.4 is 58.9 Å². The highest BCUT2D eigenvalue weighted by Gasteiger charge is 2.52. The van der Waals surface area contributed by atoms with Gasteiger partial charge in [-0.1, -0.05) is 36.4 Å². The standard InChI is InChI=1S/C67H78F2N14O13S2/c1-66-15-3-18-83(66)63(94)53(21-36-6-10-44(84)11-7-36)80-61(92)51(26-43-30-71-35-75-43)78-62(93)52(27-57(87)88)79-60(91)50(23-40-29-73-48-13-9-42(69)25-46(40)48)77-59(90)49(22-39-28-72-47-12-8-41(68)24-45(39)47)76-56(86)31-74-65(96)67(16-17-67)82-55(85)14-19-97-32-37-4-2-5-38(20-37)33-98-34-54(58(70)89)81-64(66)95/h2,4-13,20,24-25,28-29,43,49-54,71-73,75,84H,3,14-19,21-23,26-27,30-35H2,1H3,(H2,70,89)(H,74,96)(H,76,86)(H,77,90)(H,78,93)(H,79,91)(H,80,92)(H,81,95)(H,82,85)(H,87,88)/t43?,49-,50-,51-,52-,53-,54-,66-/m0/s1. The van der Waals surface area contributed by atoms with E-state index in [9.17, 15) is 57.4 Å². The fraction of sp³-hybridized carbons (Fsp3) is 0.418. The van der Waals surface area contributed by atoms with Crippen molar-refractivity contribution in [3.8, 4) is 5.75 Å². The highest BCUT2D eigenvalue weighted by atomic mass is 32.2. The number of fused-ring (bicyclic) bond motifs is 5.